The molecule has 0 aliphatic carbocycles. The fourth-order valence-electron chi connectivity index (χ4n) is 9.21. The van der Waals surface area contributed by atoms with Gasteiger partial charge in [0, 0.05) is 0 Å². The number of hydrogen-bond acceptors (Lipinski definition) is 9. The van der Waals surface area contributed by atoms with Crippen LogP contribution in [0.3, 0.4) is 0 Å². The second kappa shape index (κ2) is 49.3. The standard InChI is InChI=1S/C60H111NO9/c1-3-5-7-9-11-13-15-16-17-18-19-20-21-22-23-24-25-26-27-28-29-30-31-32-33-34-35-36-37-39-41-43-45-47-49-54(64)59(68)61-52(51-69-60-58(67)57(66)56(65)55(50-62)70-60)53(63)48-46-44-42-40-38-14-12-10-8-6-4-2/h21-22,24-25,38,40,46,48,52-58,60,62-67H,3-20,23,26-37,39,41-45,47,49-51H2,1-2H3,(H,61,68)/b22-21-,25-24-,40-38+,48-46+. The Bertz CT molecular complexity index is 1260. The Kier molecular flexibility index (Phi) is 46.6. The molecule has 7 N–H and O–H groups in total. The normalized spacial score (nSPS) is 20.1. The maximum atomic E-state index is 13.1. The summed E-state index contributed by atoms with van der Waals surface area (Å²) in [6.07, 6.45) is 55.4. The smallest absolute Gasteiger partial charge is 0.249 e. The average molecular weight is 991 g/mol. The third kappa shape index (κ3) is 37.8. The molecule has 1 aliphatic rings. The van der Waals surface area contributed by atoms with Crippen molar-refractivity contribution in [2.45, 2.75) is 313 Å². The van der Waals surface area contributed by atoms with Gasteiger partial charge in [0.2, 0.25) is 5.91 Å². The van der Waals surface area contributed by atoms with E-state index >= 15 is 0 Å². The van der Waals surface area contributed by atoms with Crippen LogP contribution in [-0.2, 0) is 14.3 Å². The summed E-state index contributed by atoms with van der Waals surface area (Å²) in [7, 11) is 0. The zero-order valence-corrected chi connectivity index (χ0v) is 45.1. The van der Waals surface area contributed by atoms with Crippen LogP contribution in [0.1, 0.15) is 264 Å². The van der Waals surface area contributed by atoms with E-state index in [9.17, 15) is 35.4 Å². The first-order valence-electron chi connectivity index (χ1n) is 29.5. The van der Waals surface area contributed by atoms with Crippen LogP contribution in [0.2, 0.25) is 0 Å². The fraction of sp³-hybridized carbons (Fsp3) is 0.850. The van der Waals surface area contributed by atoms with Gasteiger partial charge in [0.1, 0.15) is 30.5 Å². The first-order valence-corrected chi connectivity index (χ1v) is 29.5. The topological polar surface area (TPSA) is 169 Å². The third-order valence-corrected chi connectivity index (χ3v) is 14.0. The van der Waals surface area contributed by atoms with Crippen molar-refractivity contribution in [2.24, 2.45) is 0 Å². The number of rotatable bonds is 50. The lowest BCUT2D eigenvalue weighted by molar-refractivity contribution is -0.302. The molecule has 10 heteroatoms. The molecule has 0 aromatic heterocycles. The van der Waals surface area contributed by atoms with Crippen LogP contribution >= 0.6 is 0 Å². The van der Waals surface area contributed by atoms with Crippen LogP contribution in [0.4, 0.5) is 0 Å². The molecule has 0 aromatic carbocycles. The lowest BCUT2D eigenvalue weighted by Gasteiger charge is -2.40. The van der Waals surface area contributed by atoms with Gasteiger partial charge in [0.15, 0.2) is 6.29 Å². The van der Waals surface area contributed by atoms with Crippen LogP contribution < -0.4 is 5.32 Å². The Hall–Kier alpha value is -1.89. The first kappa shape index (κ1) is 66.1. The van der Waals surface area contributed by atoms with Crippen molar-refractivity contribution in [2.75, 3.05) is 13.2 Å². The van der Waals surface area contributed by atoms with Crippen molar-refractivity contribution >= 4 is 5.91 Å². The van der Waals surface area contributed by atoms with E-state index < -0.39 is 61.5 Å². The van der Waals surface area contributed by atoms with Crippen molar-refractivity contribution in [3.8, 4) is 0 Å². The van der Waals surface area contributed by atoms with Crippen molar-refractivity contribution in [1.29, 1.82) is 0 Å². The number of hydrogen-bond donors (Lipinski definition) is 7. The van der Waals surface area contributed by atoms with Crippen LogP contribution in [0.25, 0.3) is 0 Å². The lowest BCUT2D eigenvalue weighted by Crippen LogP contribution is -2.60. The molecule has 1 rings (SSSR count). The summed E-state index contributed by atoms with van der Waals surface area (Å²) in [5.41, 5.74) is 0. The summed E-state index contributed by atoms with van der Waals surface area (Å²) in [5.74, 6) is -0.626. The van der Waals surface area contributed by atoms with Crippen LogP contribution in [-0.4, -0.2) is 98.7 Å². The Morgan fingerprint density at radius 1 is 0.500 bits per heavy atom. The number of aliphatic hydroxyl groups excluding tert-OH is 6. The minimum Gasteiger partial charge on any atom is -0.394 e. The van der Waals surface area contributed by atoms with Gasteiger partial charge >= 0.3 is 0 Å². The monoisotopic (exact) mass is 990 g/mol. The fourth-order valence-corrected chi connectivity index (χ4v) is 9.21. The first-order chi connectivity index (χ1) is 34.3. The van der Waals surface area contributed by atoms with E-state index in [1.165, 1.54) is 193 Å². The molecule has 0 bridgehead atoms. The molecule has 8 unspecified atom stereocenters. The molecule has 0 radical (unpaired) electrons. The Morgan fingerprint density at radius 3 is 1.33 bits per heavy atom. The number of amides is 1. The average Bonchev–Trinajstić information content (AvgIpc) is 3.36. The molecule has 1 amide bonds. The van der Waals surface area contributed by atoms with E-state index in [-0.39, 0.29) is 6.61 Å². The molecule has 1 heterocycles. The van der Waals surface area contributed by atoms with Gasteiger partial charge < -0.3 is 45.4 Å². The maximum absolute atomic E-state index is 13.1. The number of allylic oxidation sites excluding steroid dienone is 7. The third-order valence-electron chi connectivity index (χ3n) is 14.0. The van der Waals surface area contributed by atoms with Gasteiger partial charge in [-0.25, -0.2) is 0 Å². The van der Waals surface area contributed by atoms with Gasteiger partial charge in [-0.3, -0.25) is 4.79 Å². The van der Waals surface area contributed by atoms with Gasteiger partial charge in [0.05, 0.1) is 25.4 Å². The molecule has 1 fully saturated rings. The predicted molar refractivity (Wildman–Crippen MR) is 292 cm³/mol. The largest absolute Gasteiger partial charge is 0.394 e. The van der Waals surface area contributed by atoms with E-state index in [1.807, 2.05) is 6.08 Å². The quantitative estimate of drug-likeness (QED) is 0.0232. The van der Waals surface area contributed by atoms with Crippen LogP contribution in [0.5, 0.6) is 0 Å². The number of carbonyl (C=O) groups excluding carboxylic acids is 1. The lowest BCUT2D eigenvalue weighted by atomic mass is 9.99. The van der Waals surface area contributed by atoms with E-state index in [0.29, 0.717) is 19.3 Å². The summed E-state index contributed by atoms with van der Waals surface area (Å²) in [6, 6.07) is -0.996. The molecular weight excluding hydrogens is 879 g/mol. The van der Waals surface area contributed by atoms with Crippen molar-refractivity contribution in [1.82, 2.24) is 5.32 Å². The number of carbonyl (C=O) groups is 1. The van der Waals surface area contributed by atoms with E-state index in [0.717, 1.165) is 38.5 Å². The van der Waals surface area contributed by atoms with Gasteiger partial charge in [-0.15, -0.1) is 0 Å². The van der Waals surface area contributed by atoms with Crippen LogP contribution in [0.15, 0.2) is 48.6 Å². The van der Waals surface area contributed by atoms with E-state index in [2.05, 4.69) is 55.6 Å². The maximum Gasteiger partial charge on any atom is 0.249 e. The molecule has 0 saturated carbocycles. The van der Waals surface area contributed by atoms with E-state index in [1.54, 1.807) is 6.08 Å². The van der Waals surface area contributed by atoms with Gasteiger partial charge in [-0.1, -0.05) is 249 Å². The number of ether oxygens (including phenoxy) is 2. The Balaban J connectivity index is 2.13. The van der Waals surface area contributed by atoms with Gasteiger partial charge in [-0.05, 0) is 64.2 Å². The highest BCUT2D eigenvalue weighted by atomic mass is 16.7. The molecular formula is C60H111NO9. The second-order valence-electron chi connectivity index (χ2n) is 20.6. The van der Waals surface area contributed by atoms with Crippen molar-refractivity contribution in [3.63, 3.8) is 0 Å². The molecule has 0 spiro atoms. The summed E-state index contributed by atoms with van der Waals surface area (Å²) in [5, 5.41) is 64.8. The molecule has 1 aliphatic heterocycles. The SMILES string of the molecule is CCCCCCC/C=C/CC/C=C/C(O)C(COC1OC(CO)C(O)C(O)C1O)NC(=O)C(O)CCCCCCCCCCCCCCCCCC/C=C\C/C=C\CCCCCCCCCCCCC. The summed E-state index contributed by atoms with van der Waals surface area (Å²) in [4.78, 5) is 13.1. The Morgan fingerprint density at radius 2 is 0.886 bits per heavy atom. The van der Waals surface area contributed by atoms with Crippen molar-refractivity contribution < 1.29 is 44.9 Å². The summed E-state index contributed by atoms with van der Waals surface area (Å²) >= 11 is 0. The number of nitrogens with one attached hydrogen (secondary N) is 1. The molecule has 0 aromatic rings. The zero-order chi connectivity index (χ0) is 51.0. The minimum absolute atomic E-state index is 0.304. The minimum atomic E-state index is -1.62. The predicted octanol–water partition coefficient (Wildman–Crippen LogP) is 13.5. The highest BCUT2D eigenvalue weighted by Gasteiger charge is 2.44. The molecule has 8 atom stereocenters. The number of unbranched alkanes of at least 4 members (excludes halogenated alkanes) is 33. The van der Waals surface area contributed by atoms with E-state index in [4.69, 9.17) is 9.47 Å². The van der Waals surface area contributed by atoms with Gasteiger partial charge in [-0.2, -0.15) is 0 Å². The zero-order valence-electron chi connectivity index (χ0n) is 45.1. The molecule has 410 valence electrons. The highest BCUT2D eigenvalue weighted by Crippen LogP contribution is 2.23. The van der Waals surface area contributed by atoms with Crippen LogP contribution in [0, 0.1) is 0 Å². The molecule has 70 heavy (non-hydrogen) atoms. The molecule has 10 nitrogen and oxygen atoms in total. The highest BCUT2D eigenvalue weighted by molar-refractivity contribution is 5.80. The molecule has 1 saturated heterocycles. The number of aliphatic hydroxyl groups is 6. The van der Waals surface area contributed by atoms with Gasteiger partial charge in [0.25, 0.3) is 0 Å². The second-order valence-corrected chi connectivity index (χ2v) is 20.6. The summed E-state index contributed by atoms with van der Waals surface area (Å²) < 4.78 is 11.1. The summed E-state index contributed by atoms with van der Waals surface area (Å²) in [6.45, 7) is 3.58. The Labute approximate surface area is 429 Å². The van der Waals surface area contributed by atoms with Crippen molar-refractivity contribution in [3.05, 3.63) is 48.6 Å².